The summed E-state index contributed by atoms with van der Waals surface area (Å²) in [6, 6.07) is 0. The van der Waals surface area contributed by atoms with E-state index in [1.165, 1.54) is 18.0 Å². The predicted molar refractivity (Wildman–Crippen MR) is 83.9 cm³/mol. The molecule has 3 atom stereocenters. The highest BCUT2D eigenvalue weighted by Crippen LogP contribution is 2.44. The van der Waals surface area contributed by atoms with Crippen LogP contribution in [0.25, 0.3) is 0 Å². The van der Waals surface area contributed by atoms with Crippen molar-refractivity contribution in [2.45, 2.75) is 45.3 Å². The van der Waals surface area contributed by atoms with Crippen LogP contribution in [0.15, 0.2) is 0 Å². The first-order valence-corrected chi connectivity index (χ1v) is 10.1. The third-order valence-corrected chi connectivity index (χ3v) is 6.71. The Balaban J connectivity index is 2.67. The zero-order valence-electron chi connectivity index (χ0n) is 12.8. The minimum absolute atomic E-state index is 0.0345. The van der Waals surface area contributed by atoms with E-state index in [1.807, 2.05) is 0 Å². The quantitative estimate of drug-likeness (QED) is 0.842. The molecular weight excluding hydrogens is 296 g/mol. The molecule has 118 valence electrons. The number of carbonyl (C=O) groups is 1. The highest BCUT2D eigenvalue weighted by Gasteiger charge is 2.39. The maximum Gasteiger partial charge on any atom is 0.307 e. The van der Waals surface area contributed by atoms with Crippen molar-refractivity contribution in [3.8, 4) is 0 Å². The first kappa shape index (κ1) is 17.8. The van der Waals surface area contributed by atoms with Crippen LogP contribution in [0.1, 0.15) is 40.0 Å². The van der Waals surface area contributed by atoms with Gasteiger partial charge >= 0.3 is 5.97 Å². The molecule has 1 rings (SSSR count). The molecule has 0 radical (unpaired) electrons. The SMILES string of the molecule is CC(C)(C)C1CCC(C(=O)O)C(SCCS(C)(=O)=O)C1. The van der Waals surface area contributed by atoms with Gasteiger partial charge in [0.05, 0.1) is 11.7 Å². The second-order valence-corrected chi connectivity index (χ2v) is 10.5. The van der Waals surface area contributed by atoms with Crippen LogP contribution >= 0.6 is 11.8 Å². The van der Waals surface area contributed by atoms with E-state index >= 15 is 0 Å². The largest absolute Gasteiger partial charge is 0.481 e. The Kier molecular flexibility index (Phi) is 5.96. The van der Waals surface area contributed by atoms with Gasteiger partial charge in [-0.3, -0.25) is 4.79 Å². The summed E-state index contributed by atoms with van der Waals surface area (Å²) in [7, 11) is -2.97. The second kappa shape index (κ2) is 6.69. The third kappa shape index (κ3) is 5.64. The van der Waals surface area contributed by atoms with Gasteiger partial charge in [-0.15, -0.1) is 0 Å². The highest BCUT2D eigenvalue weighted by molar-refractivity contribution is 8.01. The number of thioether (sulfide) groups is 1. The summed E-state index contributed by atoms with van der Waals surface area (Å²) in [5.74, 6) is 0.0476. The third-order valence-electron chi connectivity index (χ3n) is 4.12. The molecule has 1 N–H and O–H groups in total. The van der Waals surface area contributed by atoms with Gasteiger partial charge in [0, 0.05) is 17.3 Å². The van der Waals surface area contributed by atoms with Crippen LogP contribution in [0.4, 0.5) is 0 Å². The Morgan fingerprint density at radius 3 is 2.35 bits per heavy atom. The Bertz CT molecular complexity index is 437. The molecule has 0 amide bonds. The molecule has 0 aromatic carbocycles. The van der Waals surface area contributed by atoms with Crippen LogP contribution in [-0.4, -0.2) is 42.5 Å². The van der Waals surface area contributed by atoms with E-state index in [4.69, 9.17) is 0 Å². The normalized spacial score (nSPS) is 28.3. The first-order valence-electron chi connectivity index (χ1n) is 7.03. The molecule has 20 heavy (non-hydrogen) atoms. The number of aliphatic carboxylic acids is 1. The summed E-state index contributed by atoms with van der Waals surface area (Å²) in [5.41, 5.74) is 0.180. The van der Waals surface area contributed by atoms with Gasteiger partial charge in [-0.1, -0.05) is 20.8 Å². The molecule has 0 aliphatic heterocycles. The van der Waals surface area contributed by atoms with E-state index in [1.54, 1.807) is 0 Å². The van der Waals surface area contributed by atoms with Gasteiger partial charge in [0.1, 0.15) is 9.84 Å². The average Bonchev–Trinajstić information content (AvgIpc) is 2.25. The van der Waals surface area contributed by atoms with E-state index in [-0.39, 0.29) is 22.3 Å². The number of hydrogen-bond donors (Lipinski definition) is 1. The van der Waals surface area contributed by atoms with Crippen molar-refractivity contribution in [3.63, 3.8) is 0 Å². The molecule has 1 aliphatic rings. The Morgan fingerprint density at radius 2 is 1.90 bits per heavy atom. The zero-order chi connectivity index (χ0) is 15.6. The fourth-order valence-corrected chi connectivity index (χ4v) is 5.49. The maximum atomic E-state index is 11.3. The molecule has 0 bridgehead atoms. The van der Waals surface area contributed by atoms with Gasteiger partial charge in [0.15, 0.2) is 0 Å². The molecule has 4 nitrogen and oxygen atoms in total. The molecule has 1 saturated carbocycles. The highest BCUT2D eigenvalue weighted by atomic mass is 32.2. The van der Waals surface area contributed by atoms with E-state index in [9.17, 15) is 18.3 Å². The Morgan fingerprint density at radius 1 is 1.30 bits per heavy atom. The smallest absolute Gasteiger partial charge is 0.307 e. The van der Waals surface area contributed by atoms with Crippen molar-refractivity contribution in [3.05, 3.63) is 0 Å². The van der Waals surface area contributed by atoms with Crippen molar-refractivity contribution < 1.29 is 18.3 Å². The van der Waals surface area contributed by atoms with Gasteiger partial charge in [0.2, 0.25) is 0 Å². The van der Waals surface area contributed by atoms with Crippen LogP contribution in [0.2, 0.25) is 0 Å². The molecule has 6 heteroatoms. The minimum Gasteiger partial charge on any atom is -0.481 e. The fourth-order valence-electron chi connectivity index (χ4n) is 2.73. The maximum absolute atomic E-state index is 11.3. The average molecular weight is 322 g/mol. The lowest BCUT2D eigenvalue weighted by atomic mass is 9.69. The number of carboxylic acid groups (broad SMARTS) is 1. The molecule has 1 aliphatic carbocycles. The van der Waals surface area contributed by atoms with Gasteiger partial charge < -0.3 is 5.11 Å². The van der Waals surface area contributed by atoms with E-state index in [0.29, 0.717) is 18.1 Å². The van der Waals surface area contributed by atoms with Crippen LogP contribution < -0.4 is 0 Å². The van der Waals surface area contributed by atoms with E-state index in [0.717, 1.165) is 12.8 Å². The van der Waals surface area contributed by atoms with Crippen molar-refractivity contribution in [2.24, 2.45) is 17.3 Å². The van der Waals surface area contributed by atoms with Crippen molar-refractivity contribution in [2.75, 3.05) is 17.8 Å². The van der Waals surface area contributed by atoms with Crippen LogP contribution in [-0.2, 0) is 14.6 Å². The first-order chi connectivity index (χ1) is 9.00. The Labute approximate surface area is 126 Å². The van der Waals surface area contributed by atoms with Gasteiger partial charge in [-0.2, -0.15) is 11.8 Å². The van der Waals surface area contributed by atoms with Crippen molar-refractivity contribution >= 4 is 27.6 Å². The molecule has 1 fully saturated rings. The van der Waals surface area contributed by atoms with Gasteiger partial charge in [0.25, 0.3) is 0 Å². The summed E-state index contributed by atoms with van der Waals surface area (Å²) >= 11 is 1.52. The monoisotopic (exact) mass is 322 g/mol. The summed E-state index contributed by atoms with van der Waals surface area (Å²) in [6.07, 6.45) is 3.74. The summed E-state index contributed by atoms with van der Waals surface area (Å²) in [6.45, 7) is 6.57. The lowest BCUT2D eigenvalue weighted by Gasteiger charge is -2.40. The fraction of sp³-hybridized carbons (Fsp3) is 0.929. The summed E-state index contributed by atoms with van der Waals surface area (Å²) in [5, 5.41) is 9.36. The standard InChI is InChI=1S/C14H26O4S2/c1-14(2,3)10-5-6-11(13(15)16)12(9-10)19-7-8-20(4,17)18/h10-12H,5-9H2,1-4H3,(H,15,16). The van der Waals surface area contributed by atoms with E-state index in [2.05, 4.69) is 20.8 Å². The molecule has 3 unspecified atom stereocenters. The van der Waals surface area contributed by atoms with Crippen molar-refractivity contribution in [1.29, 1.82) is 0 Å². The molecule has 0 aromatic heterocycles. The number of rotatable bonds is 5. The molecular formula is C14H26O4S2. The second-order valence-electron chi connectivity index (χ2n) is 6.86. The van der Waals surface area contributed by atoms with Crippen molar-refractivity contribution in [1.82, 2.24) is 0 Å². The lowest BCUT2D eigenvalue weighted by Crippen LogP contribution is -2.37. The summed E-state index contributed by atoms with van der Waals surface area (Å²) < 4.78 is 22.4. The van der Waals surface area contributed by atoms with Crippen LogP contribution in [0.5, 0.6) is 0 Å². The summed E-state index contributed by atoms with van der Waals surface area (Å²) in [4.78, 5) is 11.3. The molecule has 0 heterocycles. The van der Waals surface area contributed by atoms with Gasteiger partial charge in [-0.25, -0.2) is 8.42 Å². The molecule has 0 saturated heterocycles. The van der Waals surface area contributed by atoms with Crippen LogP contribution in [0, 0.1) is 17.3 Å². The van der Waals surface area contributed by atoms with Gasteiger partial charge in [-0.05, 0) is 30.6 Å². The Hall–Kier alpha value is -0.230. The van der Waals surface area contributed by atoms with Crippen LogP contribution in [0.3, 0.4) is 0 Å². The predicted octanol–water partition coefficient (Wildman–Crippen LogP) is 2.68. The molecule has 0 aromatic rings. The molecule has 0 spiro atoms. The number of hydrogen-bond acceptors (Lipinski definition) is 4. The number of carboxylic acids is 1. The zero-order valence-corrected chi connectivity index (χ0v) is 14.4. The van der Waals surface area contributed by atoms with E-state index < -0.39 is 15.8 Å². The topological polar surface area (TPSA) is 71.4 Å². The lowest BCUT2D eigenvalue weighted by molar-refractivity contribution is -0.143. The minimum atomic E-state index is -2.97. The number of sulfone groups is 1.